The van der Waals surface area contributed by atoms with Crippen LogP contribution in [0, 0.1) is 0 Å². The Hall–Kier alpha value is -4.10. The lowest BCUT2D eigenvalue weighted by atomic mass is 9.91. The van der Waals surface area contributed by atoms with Crippen molar-refractivity contribution in [2.45, 2.75) is 52.4 Å². The molecule has 7 aromatic rings. The first-order valence-corrected chi connectivity index (χ1v) is 14.5. The van der Waals surface area contributed by atoms with Gasteiger partial charge in [-0.25, -0.2) is 9.97 Å². The lowest BCUT2D eigenvalue weighted by Crippen LogP contribution is -2.03. The summed E-state index contributed by atoms with van der Waals surface area (Å²) in [4.78, 5) is 18.3. The number of aromatic nitrogens is 6. The second-order valence-corrected chi connectivity index (χ2v) is 12.3. The number of hydrogen-bond acceptors (Lipinski definition) is 5. The van der Waals surface area contributed by atoms with Crippen LogP contribution in [0.4, 0.5) is 0 Å². The molecule has 192 valence electrons. The summed E-state index contributed by atoms with van der Waals surface area (Å²) in [7, 11) is 0. The number of fused-ring (bicyclic) bond motifs is 11. The minimum absolute atomic E-state index is 0.316. The second-order valence-electron chi connectivity index (χ2n) is 11.3. The summed E-state index contributed by atoms with van der Waals surface area (Å²) in [5.41, 5.74) is 8.42. The fourth-order valence-corrected chi connectivity index (χ4v) is 7.28. The average molecular weight is 529 g/mol. The smallest absolute Gasteiger partial charge is 0.109 e. The summed E-state index contributed by atoms with van der Waals surface area (Å²) in [6, 6.07) is 13.7. The van der Waals surface area contributed by atoms with E-state index in [1.54, 1.807) is 0 Å². The van der Waals surface area contributed by atoms with Crippen LogP contribution in [-0.4, -0.2) is 30.1 Å². The van der Waals surface area contributed by atoms with Gasteiger partial charge in [-0.05, 0) is 46.9 Å². The van der Waals surface area contributed by atoms with Crippen molar-refractivity contribution >= 4 is 54.0 Å². The van der Waals surface area contributed by atoms with Gasteiger partial charge >= 0.3 is 0 Å². The lowest BCUT2D eigenvalue weighted by Gasteiger charge is -2.16. The Morgan fingerprint density at radius 2 is 1.56 bits per heavy atom. The summed E-state index contributed by atoms with van der Waals surface area (Å²) >= 11 is 1.90. The maximum absolute atomic E-state index is 4.94. The molecule has 0 amide bonds. The molecule has 0 fully saturated rings. The summed E-state index contributed by atoms with van der Waals surface area (Å²) in [6.45, 7) is 8.72. The predicted molar refractivity (Wildman–Crippen MR) is 161 cm³/mol. The molecule has 0 bridgehead atoms. The Morgan fingerprint density at radius 1 is 0.769 bits per heavy atom. The highest BCUT2D eigenvalue weighted by Gasteiger charge is 2.24. The van der Waals surface area contributed by atoms with Gasteiger partial charge in [-0.1, -0.05) is 52.0 Å². The Balaban J connectivity index is 1.31. The van der Waals surface area contributed by atoms with Gasteiger partial charge in [0.1, 0.15) is 11.6 Å². The number of thiophene rings is 1. The van der Waals surface area contributed by atoms with Gasteiger partial charge in [0.15, 0.2) is 0 Å². The monoisotopic (exact) mass is 528 g/mol. The molecule has 2 N–H and O–H groups in total. The van der Waals surface area contributed by atoms with Crippen LogP contribution in [0.15, 0.2) is 48.8 Å². The molecule has 8 rings (SSSR count). The number of nitrogens with zero attached hydrogens (tertiary/aromatic N) is 4. The normalized spacial score (nSPS) is 13.4. The van der Waals surface area contributed by atoms with E-state index in [2.05, 4.69) is 84.3 Å². The molecule has 3 aromatic carbocycles. The third-order valence-electron chi connectivity index (χ3n) is 8.13. The van der Waals surface area contributed by atoms with Gasteiger partial charge in [-0.3, -0.25) is 0 Å². The number of hydrogen-bond donors (Lipinski definition) is 2. The maximum atomic E-state index is 4.94. The first-order valence-electron chi connectivity index (χ1n) is 13.7. The fourth-order valence-electron chi connectivity index (χ4n) is 6.05. The molecule has 7 heteroatoms. The first kappa shape index (κ1) is 22.8. The van der Waals surface area contributed by atoms with Crippen LogP contribution in [-0.2, 0) is 12.8 Å². The first-order chi connectivity index (χ1) is 19.0. The van der Waals surface area contributed by atoms with E-state index in [1.165, 1.54) is 53.8 Å². The number of aryl methyl sites for hydroxylation is 2. The van der Waals surface area contributed by atoms with Crippen LogP contribution in [0.3, 0.4) is 0 Å². The van der Waals surface area contributed by atoms with Crippen molar-refractivity contribution in [1.82, 2.24) is 30.1 Å². The third-order valence-corrected chi connectivity index (χ3v) is 9.39. The predicted octanol–water partition coefficient (Wildman–Crippen LogP) is 8.28. The molecular weight excluding hydrogens is 500 g/mol. The number of benzene rings is 3. The molecular formula is C32H28N6S. The topological polar surface area (TPSA) is 83.1 Å². The van der Waals surface area contributed by atoms with Gasteiger partial charge in [0.25, 0.3) is 0 Å². The molecule has 39 heavy (non-hydrogen) atoms. The van der Waals surface area contributed by atoms with Gasteiger partial charge in [0, 0.05) is 43.1 Å². The number of nitrogens with one attached hydrogen (secondary N) is 2. The van der Waals surface area contributed by atoms with Gasteiger partial charge < -0.3 is 9.97 Å². The Kier molecular flexibility index (Phi) is 4.80. The number of aromatic amines is 2. The molecule has 1 aliphatic rings. The number of imidazole rings is 2. The molecule has 1 aliphatic carbocycles. The van der Waals surface area contributed by atoms with Crippen molar-refractivity contribution in [3.63, 3.8) is 0 Å². The molecule has 0 aliphatic heterocycles. The third kappa shape index (κ3) is 3.32. The molecule has 0 spiro atoms. The quantitative estimate of drug-likeness (QED) is 0.226. The number of H-pyrrole nitrogens is 2. The van der Waals surface area contributed by atoms with E-state index >= 15 is 0 Å². The molecule has 0 unspecified atom stereocenters. The van der Waals surface area contributed by atoms with Crippen molar-refractivity contribution in [1.29, 1.82) is 0 Å². The Morgan fingerprint density at radius 3 is 2.38 bits per heavy atom. The Bertz CT molecular complexity index is 2090. The SMILES string of the molecule is CC(C)c1nc2c([nH]1)-c1ccc3cc(-c4ccc5c(c4)c4cnncc4c4nc(C(C)C)[nH]c54)sc3c1CC2. The largest absolute Gasteiger partial charge is 0.342 e. The van der Waals surface area contributed by atoms with E-state index in [0.717, 1.165) is 46.3 Å². The van der Waals surface area contributed by atoms with Crippen molar-refractivity contribution < 1.29 is 0 Å². The van der Waals surface area contributed by atoms with Crippen LogP contribution in [0.1, 0.15) is 62.4 Å². The molecule has 4 aromatic heterocycles. The van der Waals surface area contributed by atoms with Gasteiger partial charge in [0.2, 0.25) is 0 Å². The van der Waals surface area contributed by atoms with Gasteiger partial charge in [-0.2, -0.15) is 10.2 Å². The van der Waals surface area contributed by atoms with Crippen LogP contribution < -0.4 is 0 Å². The average Bonchev–Trinajstić information content (AvgIpc) is 3.69. The zero-order valence-corrected chi connectivity index (χ0v) is 23.2. The molecule has 0 radical (unpaired) electrons. The minimum Gasteiger partial charge on any atom is -0.342 e. The summed E-state index contributed by atoms with van der Waals surface area (Å²) in [5, 5.41) is 14.2. The van der Waals surface area contributed by atoms with Gasteiger partial charge in [0.05, 0.1) is 34.8 Å². The molecule has 0 saturated carbocycles. The fraction of sp³-hybridized carbons (Fsp3) is 0.250. The molecule has 0 saturated heterocycles. The summed E-state index contributed by atoms with van der Waals surface area (Å²) in [5.74, 6) is 2.79. The van der Waals surface area contributed by atoms with Crippen molar-refractivity contribution in [3.8, 4) is 21.7 Å². The molecule has 4 heterocycles. The maximum Gasteiger partial charge on any atom is 0.109 e. The zero-order valence-electron chi connectivity index (χ0n) is 22.4. The van der Waals surface area contributed by atoms with E-state index < -0.39 is 0 Å². The van der Waals surface area contributed by atoms with Crippen molar-refractivity contribution in [3.05, 3.63) is 71.7 Å². The number of rotatable bonds is 3. The summed E-state index contributed by atoms with van der Waals surface area (Å²) in [6.07, 6.45) is 5.73. The zero-order chi connectivity index (χ0) is 26.4. The molecule has 6 nitrogen and oxygen atoms in total. The van der Waals surface area contributed by atoms with E-state index in [4.69, 9.17) is 9.97 Å². The highest BCUT2D eigenvalue weighted by atomic mass is 32.1. The minimum atomic E-state index is 0.316. The van der Waals surface area contributed by atoms with E-state index in [0.29, 0.717) is 11.8 Å². The lowest BCUT2D eigenvalue weighted by molar-refractivity contribution is 0.787. The van der Waals surface area contributed by atoms with Crippen molar-refractivity contribution in [2.75, 3.05) is 0 Å². The van der Waals surface area contributed by atoms with E-state index in [-0.39, 0.29) is 0 Å². The Labute approximate surface area is 229 Å². The highest BCUT2D eigenvalue weighted by molar-refractivity contribution is 7.22. The van der Waals surface area contributed by atoms with E-state index in [1.807, 2.05) is 23.7 Å². The van der Waals surface area contributed by atoms with Crippen LogP contribution in [0.25, 0.3) is 64.4 Å². The van der Waals surface area contributed by atoms with E-state index in [9.17, 15) is 0 Å². The van der Waals surface area contributed by atoms with Gasteiger partial charge in [-0.15, -0.1) is 11.3 Å². The highest BCUT2D eigenvalue weighted by Crippen LogP contribution is 2.44. The van der Waals surface area contributed by atoms with Crippen LogP contribution >= 0.6 is 11.3 Å². The van der Waals surface area contributed by atoms with Crippen LogP contribution in [0.5, 0.6) is 0 Å². The second kappa shape index (κ2) is 8.20. The summed E-state index contributed by atoms with van der Waals surface area (Å²) < 4.78 is 1.38. The van der Waals surface area contributed by atoms with Crippen molar-refractivity contribution in [2.24, 2.45) is 0 Å². The standard InChI is InChI=1S/C32H28N6S/c1-15(2)31-35-25-10-9-21-19(27(25)36-31)8-6-18-12-26(39-30(18)21)17-5-7-20-22(11-17)23-13-33-34-14-24(23)29-28(20)37-32(38-29)16(3)4/h5-8,11-16H,9-10H2,1-4H3,(H,35,36)(H,37,38). The molecule has 0 atom stereocenters. The van der Waals surface area contributed by atoms with Crippen LogP contribution in [0.2, 0.25) is 0 Å².